The molecule has 0 radical (unpaired) electrons. The Morgan fingerprint density at radius 1 is 1.43 bits per heavy atom. The molecule has 0 atom stereocenters. The van der Waals surface area contributed by atoms with Gasteiger partial charge in [-0.15, -0.1) is 0 Å². The minimum absolute atomic E-state index is 0.0326. The van der Waals surface area contributed by atoms with Crippen molar-refractivity contribution in [3.63, 3.8) is 0 Å². The maximum absolute atomic E-state index is 10.9. The molecule has 82 valence electrons. The van der Waals surface area contributed by atoms with E-state index in [-0.39, 0.29) is 11.9 Å². The van der Waals surface area contributed by atoms with Gasteiger partial charge in [-0.25, -0.2) is 0 Å². The molecular weight excluding hydrogens is 184 g/mol. The highest BCUT2D eigenvalue weighted by molar-refractivity contribution is 5.77. The number of hydrogen-bond acceptors (Lipinski definition) is 4. The summed E-state index contributed by atoms with van der Waals surface area (Å²) in [6, 6.07) is 0.0975. The molecule has 1 amide bonds. The zero-order valence-corrected chi connectivity index (χ0v) is 8.92. The van der Waals surface area contributed by atoms with Crippen molar-refractivity contribution < 1.29 is 14.3 Å². The fourth-order valence-corrected chi connectivity index (χ4v) is 1.14. The number of nitrogens with one attached hydrogen (secondary N) is 2. The van der Waals surface area contributed by atoms with Gasteiger partial charge in [-0.05, 0) is 13.8 Å². The predicted molar refractivity (Wildman–Crippen MR) is 51.8 cm³/mol. The SMILES string of the molecule is CNC(=O)CNC1COC(C)(C)OC1. The lowest BCUT2D eigenvalue weighted by atomic mass is 10.2. The Morgan fingerprint density at radius 2 is 2.00 bits per heavy atom. The summed E-state index contributed by atoms with van der Waals surface area (Å²) in [7, 11) is 1.61. The molecule has 0 aromatic rings. The van der Waals surface area contributed by atoms with Crippen molar-refractivity contribution in [3.05, 3.63) is 0 Å². The van der Waals surface area contributed by atoms with Crippen molar-refractivity contribution in [2.45, 2.75) is 25.7 Å². The van der Waals surface area contributed by atoms with E-state index in [2.05, 4.69) is 10.6 Å². The number of ether oxygens (including phenoxy) is 2. The Labute approximate surface area is 84.1 Å². The Balaban J connectivity index is 2.19. The van der Waals surface area contributed by atoms with Gasteiger partial charge in [0.25, 0.3) is 0 Å². The smallest absolute Gasteiger partial charge is 0.233 e. The largest absolute Gasteiger partial charge is 0.358 e. The third-order valence-electron chi connectivity index (χ3n) is 2.09. The van der Waals surface area contributed by atoms with Gasteiger partial charge in [0.15, 0.2) is 5.79 Å². The Bertz CT molecular complexity index is 196. The van der Waals surface area contributed by atoms with Crippen LogP contribution in [0.1, 0.15) is 13.8 Å². The van der Waals surface area contributed by atoms with E-state index in [4.69, 9.17) is 9.47 Å². The summed E-state index contributed by atoms with van der Waals surface area (Å²) in [6.07, 6.45) is 0. The van der Waals surface area contributed by atoms with Gasteiger partial charge in [0.1, 0.15) is 0 Å². The van der Waals surface area contributed by atoms with Crippen LogP contribution in [0.3, 0.4) is 0 Å². The molecule has 0 aliphatic carbocycles. The highest BCUT2D eigenvalue weighted by Crippen LogP contribution is 2.16. The Morgan fingerprint density at radius 3 is 2.50 bits per heavy atom. The second-order valence-electron chi connectivity index (χ2n) is 3.77. The molecule has 0 bridgehead atoms. The maximum Gasteiger partial charge on any atom is 0.233 e. The molecule has 0 unspecified atom stereocenters. The van der Waals surface area contributed by atoms with Gasteiger partial charge in [0.05, 0.1) is 25.8 Å². The monoisotopic (exact) mass is 202 g/mol. The zero-order valence-electron chi connectivity index (χ0n) is 8.92. The van der Waals surface area contributed by atoms with Crippen LogP contribution in [0.4, 0.5) is 0 Å². The van der Waals surface area contributed by atoms with E-state index in [1.807, 2.05) is 13.8 Å². The minimum Gasteiger partial charge on any atom is -0.358 e. The van der Waals surface area contributed by atoms with Crippen molar-refractivity contribution in [1.29, 1.82) is 0 Å². The van der Waals surface area contributed by atoms with Gasteiger partial charge in [-0.3, -0.25) is 4.79 Å². The first kappa shape index (κ1) is 11.4. The quantitative estimate of drug-likeness (QED) is 0.646. The van der Waals surface area contributed by atoms with Crippen LogP contribution in [0.15, 0.2) is 0 Å². The van der Waals surface area contributed by atoms with Crippen molar-refractivity contribution in [2.24, 2.45) is 0 Å². The standard InChI is InChI=1S/C9H18N2O3/c1-9(2)13-5-7(6-14-9)11-4-8(12)10-3/h7,11H,4-6H2,1-3H3,(H,10,12). The van der Waals surface area contributed by atoms with Crippen LogP contribution in [0.25, 0.3) is 0 Å². The first-order valence-corrected chi connectivity index (χ1v) is 4.75. The fourth-order valence-electron chi connectivity index (χ4n) is 1.14. The lowest BCUT2D eigenvalue weighted by Crippen LogP contribution is -2.50. The average Bonchev–Trinajstić information content (AvgIpc) is 2.16. The topological polar surface area (TPSA) is 59.6 Å². The highest BCUT2D eigenvalue weighted by Gasteiger charge is 2.27. The molecule has 0 aromatic heterocycles. The number of rotatable bonds is 3. The summed E-state index contributed by atoms with van der Waals surface area (Å²) >= 11 is 0. The lowest BCUT2D eigenvalue weighted by Gasteiger charge is -2.35. The van der Waals surface area contributed by atoms with E-state index >= 15 is 0 Å². The van der Waals surface area contributed by atoms with Crippen molar-refractivity contribution >= 4 is 5.91 Å². The van der Waals surface area contributed by atoms with Gasteiger partial charge in [-0.1, -0.05) is 0 Å². The molecule has 1 rings (SSSR count). The molecule has 2 N–H and O–H groups in total. The second kappa shape index (κ2) is 4.72. The molecule has 5 nitrogen and oxygen atoms in total. The summed E-state index contributed by atoms with van der Waals surface area (Å²) in [5.41, 5.74) is 0. The minimum atomic E-state index is -0.495. The maximum atomic E-state index is 10.9. The van der Waals surface area contributed by atoms with Gasteiger partial charge in [0, 0.05) is 7.05 Å². The summed E-state index contributed by atoms with van der Waals surface area (Å²) < 4.78 is 10.9. The third kappa shape index (κ3) is 3.61. The van der Waals surface area contributed by atoms with Crippen molar-refractivity contribution in [3.8, 4) is 0 Å². The van der Waals surface area contributed by atoms with E-state index in [0.29, 0.717) is 19.8 Å². The van der Waals surface area contributed by atoms with Crippen LogP contribution in [0.5, 0.6) is 0 Å². The number of hydrogen-bond donors (Lipinski definition) is 2. The molecule has 0 aromatic carbocycles. The van der Waals surface area contributed by atoms with Crippen LogP contribution in [0, 0.1) is 0 Å². The van der Waals surface area contributed by atoms with E-state index in [1.54, 1.807) is 7.05 Å². The van der Waals surface area contributed by atoms with E-state index in [1.165, 1.54) is 0 Å². The molecule has 14 heavy (non-hydrogen) atoms. The predicted octanol–water partition coefficient (Wildman–Crippen LogP) is -0.526. The number of carbonyl (C=O) groups excluding carboxylic acids is 1. The lowest BCUT2D eigenvalue weighted by molar-refractivity contribution is -0.252. The zero-order chi connectivity index (χ0) is 10.6. The first-order chi connectivity index (χ1) is 6.53. The van der Waals surface area contributed by atoms with Crippen LogP contribution in [-0.4, -0.2) is 44.5 Å². The normalized spacial score (nSPS) is 21.9. The van der Waals surface area contributed by atoms with Gasteiger partial charge in [-0.2, -0.15) is 0 Å². The van der Waals surface area contributed by atoms with E-state index < -0.39 is 5.79 Å². The third-order valence-corrected chi connectivity index (χ3v) is 2.09. The Kier molecular flexibility index (Phi) is 3.86. The summed E-state index contributed by atoms with van der Waals surface area (Å²) in [5, 5.41) is 5.59. The van der Waals surface area contributed by atoms with Crippen molar-refractivity contribution in [1.82, 2.24) is 10.6 Å². The molecule has 1 fully saturated rings. The van der Waals surface area contributed by atoms with Gasteiger partial charge < -0.3 is 20.1 Å². The number of likely N-dealkylation sites (N-methyl/N-ethyl adjacent to an activating group) is 1. The van der Waals surface area contributed by atoms with Gasteiger partial charge in [0.2, 0.25) is 5.91 Å². The summed E-state index contributed by atoms with van der Waals surface area (Å²) in [6.45, 7) is 5.20. The van der Waals surface area contributed by atoms with Gasteiger partial charge >= 0.3 is 0 Å². The molecule has 0 saturated carbocycles. The number of amides is 1. The summed E-state index contributed by atoms with van der Waals surface area (Å²) in [5.74, 6) is -0.527. The van der Waals surface area contributed by atoms with Crippen LogP contribution >= 0.6 is 0 Å². The molecular formula is C9H18N2O3. The van der Waals surface area contributed by atoms with E-state index in [0.717, 1.165) is 0 Å². The second-order valence-corrected chi connectivity index (χ2v) is 3.77. The average molecular weight is 202 g/mol. The van der Waals surface area contributed by atoms with Crippen molar-refractivity contribution in [2.75, 3.05) is 26.8 Å². The van der Waals surface area contributed by atoms with Crippen LogP contribution in [0.2, 0.25) is 0 Å². The molecule has 5 heteroatoms. The number of carbonyl (C=O) groups is 1. The molecule has 1 saturated heterocycles. The highest BCUT2D eigenvalue weighted by atomic mass is 16.7. The summed E-state index contributed by atoms with van der Waals surface area (Å²) in [4.78, 5) is 10.9. The van der Waals surface area contributed by atoms with Crippen LogP contribution in [-0.2, 0) is 14.3 Å². The molecule has 0 spiro atoms. The first-order valence-electron chi connectivity index (χ1n) is 4.75. The molecule has 1 heterocycles. The van der Waals surface area contributed by atoms with E-state index in [9.17, 15) is 4.79 Å². The Hall–Kier alpha value is -0.650. The van der Waals surface area contributed by atoms with Crippen LogP contribution < -0.4 is 10.6 Å². The molecule has 1 aliphatic rings. The fraction of sp³-hybridized carbons (Fsp3) is 0.889. The molecule has 1 aliphatic heterocycles.